The van der Waals surface area contributed by atoms with E-state index in [0.29, 0.717) is 5.33 Å². The van der Waals surface area contributed by atoms with Crippen LogP contribution in [0.15, 0.2) is 36.7 Å². The van der Waals surface area contributed by atoms with Gasteiger partial charge in [0, 0.05) is 5.33 Å². The lowest BCUT2D eigenvalue weighted by Crippen LogP contribution is -1.72. The van der Waals surface area contributed by atoms with Gasteiger partial charge in [-0.1, -0.05) is 35.2 Å². The number of hydrogen-bond acceptors (Lipinski definition) is 0. The van der Waals surface area contributed by atoms with Crippen molar-refractivity contribution in [3.63, 3.8) is 0 Å². The average Bonchev–Trinajstić information content (AvgIpc) is 1.83. The van der Waals surface area contributed by atoms with Crippen molar-refractivity contribution in [1.82, 2.24) is 0 Å². The lowest BCUT2D eigenvalue weighted by molar-refractivity contribution is 0.671. The van der Waals surface area contributed by atoms with Crippen molar-refractivity contribution in [2.24, 2.45) is 0 Å². The first kappa shape index (κ1) is 8.63. The Kier molecular flexibility index (Phi) is 4.32. The third-order valence-electron chi connectivity index (χ3n) is 0.672. The second-order valence-electron chi connectivity index (χ2n) is 1.57. The molecule has 0 amide bonds. The maximum absolute atomic E-state index is 11.9. The van der Waals surface area contributed by atoms with E-state index in [1.54, 1.807) is 6.08 Å². The lowest BCUT2D eigenvalue weighted by Gasteiger charge is -1.86. The molecule has 0 radical (unpaired) electrons. The first-order valence-corrected chi connectivity index (χ1v) is 3.55. The van der Waals surface area contributed by atoms with Crippen molar-refractivity contribution in [3.8, 4) is 0 Å². The minimum absolute atomic E-state index is 0.447. The zero-order valence-corrected chi connectivity index (χ0v) is 6.62. The van der Waals surface area contributed by atoms with Crippen LogP contribution in [0.2, 0.25) is 0 Å². The molecular formula is C7H8BrF. The standard InChI is InChI=1S/C7H8BrF/c1-6(5-8)3-4-7(2)9/h3-4H,1-2,5H2/b4-3-. The van der Waals surface area contributed by atoms with Crippen LogP contribution >= 0.6 is 15.9 Å². The predicted molar refractivity (Wildman–Crippen MR) is 42.3 cm³/mol. The van der Waals surface area contributed by atoms with Crippen LogP contribution in [0.25, 0.3) is 0 Å². The zero-order valence-electron chi connectivity index (χ0n) is 5.03. The fraction of sp³-hybridized carbons (Fsp3) is 0.143. The molecule has 0 aliphatic rings. The van der Waals surface area contributed by atoms with Crippen molar-refractivity contribution >= 4 is 15.9 Å². The summed E-state index contributed by atoms with van der Waals surface area (Å²) >= 11 is 3.16. The van der Waals surface area contributed by atoms with Crippen molar-refractivity contribution in [2.45, 2.75) is 0 Å². The summed E-state index contributed by atoms with van der Waals surface area (Å²) in [6.07, 6.45) is 2.86. The maximum atomic E-state index is 11.9. The Hall–Kier alpha value is -0.370. The van der Waals surface area contributed by atoms with Crippen molar-refractivity contribution in [3.05, 3.63) is 36.7 Å². The lowest BCUT2D eigenvalue weighted by atomic mass is 10.3. The number of alkyl halides is 1. The van der Waals surface area contributed by atoms with E-state index in [-0.39, 0.29) is 0 Å². The summed E-state index contributed by atoms with van der Waals surface area (Å²) in [5.74, 6) is -0.447. The summed E-state index contributed by atoms with van der Waals surface area (Å²) in [6.45, 7) is 6.66. The monoisotopic (exact) mass is 190 g/mol. The minimum Gasteiger partial charge on any atom is -0.208 e. The van der Waals surface area contributed by atoms with Gasteiger partial charge < -0.3 is 0 Å². The van der Waals surface area contributed by atoms with Gasteiger partial charge in [0.25, 0.3) is 0 Å². The molecule has 0 aromatic carbocycles. The molecule has 0 aliphatic heterocycles. The van der Waals surface area contributed by atoms with Crippen LogP contribution in [0.4, 0.5) is 4.39 Å². The van der Waals surface area contributed by atoms with E-state index >= 15 is 0 Å². The van der Waals surface area contributed by atoms with Crippen molar-refractivity contribution in [1.29, 1.82) is 0 Å². The molecule has 2 heteroatoms. The highest BCUT2D eigenvalue weighted by atomic mass is 79.9. The second kappa shape index (κ2) is 4.50. The van der Waals surface area contributed by atoms with E-state index in [9.17, 15) is 4.39 Å². The van der Waals surface area contributed by atoms with Gasteiger partial charge in [0.15, 0.2) is 0 Å². The molecule has 0 rings (SSSR count). The van der Waals surface area contributed by atoms with E-state index in [0.717, 1.165) is 5.57 Å². The molecule has 0 bridgehead atoms. The second-order valence-corrected chi connectivity index (χ2v) is 2.13. The van der Waals surface area contributed by atoms with E-state index in [4.69, 9.17) is 0 Å². The van der Waals surface area contributed by atoms with Crippen LogP contribution in [0.1, 0.15) is 0 Å². The zero-order chi connectivity index (χ0) is 7.28. The van der Waals surface area contributed by atoms with Gasteiger partial charge in [-0.25, -0.2) is 4.39 Å². The molecule has 0 saturated heterocycles. The van der Waals surface area contributed by atoms with Crippen LogP contribution < -0.4 is 0 Å². The largest absolute Gasteiger partial charge is 0.208 e. The van der Waals surface area contributed by atoms with Crippen LogP contribution in [0.3, 0.4) is 0 Å². The number of hydrogen-bond donors (Lipinski definition) is 0. The average molecular weight is 191 g/mol. The molecule has 0 fully saturated rings. The van der Waals surface area contributed by atoms with Crippen molar-refractivity contribution < 1.29 is 4.39 Å². The van der Waals surface area contributed by atoms with Gasteiger partial charge in [0.05, 0.1) is 0 Å². The van der Waals surface area contributed by atoms with Crippen LogP contribution in [-0.4, -0.2) is 5.33 Å². The van der Waals surface area contributed by atoms with Gasteiger partial charge in [0.2, 0.25) is 0 Å². The molecule has 50 valence electrons. The molecule has 0 atom stereocenters. The molecule has 0 aromatic heterocycles. The Morgan fingerprint density at radius 3 is 2.33 bits per heavy atom. The van der Waals surface area contributed by atoms with Gasteiger partial charge in [-0.2, -0.15) is 0 Å². The van der Waals surface area contributed by atoms with Crippen LogP contribution in [0.5, 0.6) is 0 Å². The third-order valence-corrected chi connectivity index (χ3v) is 1.39. The fourth-order valence-corrected chi connectivity index (χ4v) is 0.440. The minimum atomic E-state index is -0.447. The van der Waals surface area contributed by atoms with Gasteiger partial charge >= 0.3 is 0 Å². The Bertz CT molecular complexity index is 147. The normalized spacial score (nSPS) is 10.0. The maximum Gasteiger partial charge on any atom is 0.116 e. The SMILES string of the molecule is C=C(F)/C=C\C(=C)CBr. The van der Waals surface area contributed by atoms with Gasteiger partial charge in [-0.3, -0.25) is 0 Å². The summed E-state index contributed by atoms with van der Waals surface area (Å²) in [6, 6.07) is 0. The van der Waals surface area contributed by atoms with Gasteiger partial charge in [0.1, 0.15) is 5.83 Å². The topological polar surface area (TPSA) is 0 Å². The Morgan fingerprint density at radius 1 is 1.44 bits per heavy atom. The first-order valence-electron chi connectivity index (χ1n) is 2.43. The van der Waals surface area contributed by atoms with E-state index in [1.165, 1.54) is 6.08 Å². The molecule has 0 aliphatic carbocycles. The molecule has 0 spiro atoms. The molecule has 0 unspecified atom stereocenters. The number of rotatable bonds is 3. The van der Waals surface area contributed by atoms with Crippen LogP contribution in [0, 0.1) is 0 Å². The Balaban J connectivity index is 3.71. The predicted octanol–water partition coefficient (Wildman–Crippen LogP) is 2.98. The molecular weight excluding hydrogens is 183 g/mol. The molecule has 0 nitrogen and oxygen atoms in total. The Morgan fingerprint density at radius 2 is 2.00 bits per heavy atom. The summed E-state index contributed by atoms with van der Waals surface area (Å²) in [5.41, 5.74) is 0.828. The summed E-state index contributed by atoms with van der Waals surface area (Å²) < 4.78 is 11.9. The van der Waals surface area contributed by atoms with Gasteiger partial charge in [-0.15, -0.1) is 0 Å². The van der Waals surface area contributed by atoms with E-state index in [2.05, 4.69) is 29.1 Å². The number of halogens is 2. The summed E-state index contributed by atoms with van der Waals surface area (Å²) in [7, 11) is 0. The highest BCUT2D eigenvalue weighted by Crippen LogP contribution is 2.01. The highest BCUT2D eigenvalue weighted by molar-refractivity contribution is 9.09. The summed E-state index contributed by atoms with van der Waals surface area (Å²) in [5, 5.41) is 0.663. The fourth-order valence-electron chi connectivity index (χ4n) is 0.253. The summed E-state index contributed by atoms with van der Waals surface area (Å²) in [4.78, 5) is 0. The molecule has 0 saturated carbocycles. The first-order chi connectivity index (χ1) is 4.16. The molecule has 0 heterocycles. The van der Waals surface area contributed by atoms with Gasteiger partial charge in [-0.05, 0) is 11.6 Å². The molecule has 9 heavy (non-hydrogen) atoms. The Labute approximate surface area is 62.9 Å². The number of allylic oxidation sites excluding steroid dienone is 4. The van der Waals surface area contributed by atoms with E-state index in [1.807, 2.05) is 0 Å². The highest BCUT2D eigenvalue weighted by Gasteiger charge is 1.82. The van der Waals surface area contributed by atoms with Crippen molar-refractivity contribution in [2.75, 3.05) is 5.33 Å². The molecule has 0 aromatic rings. The van der Waals surface area contributed by atoms with Crippen LogP contribution in [-0.2, 0) is 0 Å². The quantitative estimate of drug-likeness (QED) is 0.475. The molecule has 0 N–H and O–H groups in total. The van der Waals surface area contributed by atoms with E-state index < -0.39 is 5.83 Å². The smallest absolute Gasteiger partial charge is 0.116 e. The third kappa shape index (κ3) is 5.50.